The van der Waals surface area contributed by atoms with Crippen LogP contribution in [0.1, 0.15) is 12.0 Å². The molecule has 0 spiro atoms. The first-order valence-electron chi connectivity index (χ1n) is 5.23. The summed E-state index contributed by atoms with van der Waals surface area (Å²) in [7, 11) is 0. The quantitative estimate of drug-likeness (QED) is 0.838. The molecule has 1 amide bonds. The molecule has 5 heteroatoms. The van der Waals surface area contributed by atoms with Crippen LogP contribution in [0.2, 0.25) is 0 Å². The lowest BCUT2D eigenvalue weighted by Gasteiger charge is -2.24. The van der Waals surface area contributed by atoms with Crippen LogP contribution in [0, 0.1) is 0 Å². The van der Waals surface area contributed by atoms with Gasteiger partial charge in [-0.1, -0.05) is 0 Å². The lowest BCUT2D eigenvalue weighted by molar-refractivity contribution is 0.108. The van der Waals surface area contributed by atoms with Gasteiger partial charge in [0.05, 0.1) is 12.6 Å². The Kier molecular flexibility index (Phi) is 3.36. The molecule has 0 unspecified atom stereocenters. The van der Waals surface area contributed by atoms with E-state index in [0.717, 1.165) is 12.0 Å². The molecule has 1 fully saturated rings. The molecule has 1 saturated heterocycles. The van der Waals surface area contributed by atoms with Crippen LogP contribution in [0.15, 0.2) is 24.5 Å². The van der Waals surface area contributed by atoms with Crippen molar-refractivity contribution in [1.82, 2.24) is 9.88 Å². The minimum Gasteiger partial charge on any atom is -0.465 e. The van der Waals surface area contributed by atoms with Gasteiger partial charge in [0.15, 0.2) is 0 Å². The van der Waals surface area contributed by atoms with Crippen LogP contribution in [0.3, 0.4) is 0 Å². The molecule has 0 saturated carbocycles. The molecule has 1 aliphatic heterocycles. The zero-order valence-electron chi connectivity index (χ0n) is 8.87. The van der Waals surface area contributed by atoms with Gasteiger partial charge < -0.3 is 9.84 Å². The second-order valence-corrected chi connectivity index (χ2v) is 3.78. The fourth-order valence-corrected chi connectivity index (χ4v) is 1.81. The summed E-state index contributed by atoms with van der Waals surface area (Å²) in [5, 5.41) is 9.15. The fraction of sp³-hybridized carbons (Fsp3) is 0.455. The molecule has 0 aliphatic carbocycles. The Morgan fingerprint density at radius 3 is 2.88 bits per heavy atom. The molecule has 1 aliphatic rings. The Morgan fingerprint density at radius 1 is 1.56 bits per heavy atom. The molecule has 5 nitrogen and oxygen atoms in total. The number of amides is 1. The predicted octanol–water partition coefficient (Wildman–Crippen LogP) is 1.35. The summed E-state index contributed by atoms with van der Waals surface area (Å²) in [6, 6.07) is 3.63. The standard InChI is InChI=1S/C11H14N2O3/c14-11(15)13(10-3-6-16-8-10)7-9-1-4-12-5-2-9/h1-2,4-5,10H,3,6-8H2,(H,14,15)/t10-/m1/s1. The summed E-state index contributed by atoms with van der Waals surface area (Å²) < 4.78 is 5.21. The summed E-state index contributed by atoms with van der Waals surface area (Å²) in [6.07, 6.45) is 3.21. The number of aromatic nitrogens is 1. The molecule has 1 N–H and O–H groups in total. The van der Waals surface area contributed by atoms with E-state index in [4.69, 9.17) is 9.84 Å². The number of pyridine rings is 1. The van der Waals surface area contributed by atoms with Crippen molar-refractivity contribution >= 4 is 6.09 Å². The Balaban J connectivity index is 2.05. The van der Waals surface area contributed by atoms with E-state index in [9.17, 15) is 4.79 Å². The molecule has 1 atom stereocenters. The fourth-order valence-electron chi connectivity index (χ4n) is 1.81. The van der Waals surface area contributed by atoms with E-state index in [1.807, 2.05) is 12.1 Å². The number of rotatable bonds is 3. The third-order valence-electron chi connectivity index (χ3n) is 2.69. The summed E-state index contributed by atoms with van der Waals surface area (Å²) >= 11 is 0. The van der Waals surface area contributed by atoms with E-state index in [1.54, 1.807) is 12.4 Å². The van der Waals surface area contributed by atoms with Crippen molar-refractivity contribution < 1.29 is 14.6 Å². The Hall–Kier alpha value is -1.62. The SMILES string of the molecule is O=C(O)N(Cc1ccncc1)[C@@H]1CCOC1. The Bertz CT molecular complexity index is 350. The minimum atomic E-state index is -0.896. The Morgan fingerprint density at radius 2 is 2.31 bits per heavy atom. The second-order valence-electron chi connectivity index (χ2n) is 3.78. The minimum absolute atomic E-state index is 0.0225. The van der Waals surface area contributed by atoms with Crippen molar-refractivity contribution in [3.05, 3.63) is 30.1 Å². The molecule has 0 radical (unpaired) electrons. The van der Waals surface area contributed by atoms with Gasteiger partial charge in [0.25, 0.3) is 0 Å². The van der Waals surface area contributed by atoms with Gasteiger partial charge in [-0.15, -0.1) is 0 Å². The zero-order valence-corrected chi connectivity index (χ0v) is 8.87. The first-order chi connectivity index (χ1) is 7.77. The summed E-state index contributed by atoms with van der Waals surface area (Å²) in [5.41, 5.74) is 0.948. The van der Waals surface area contributed by atoms with Crippen molar-refractivity contribution in [3.63, 3.8) is 0 Å². The van der Waals surface area contributed by atoms with Crippen molar-refractivity contribution in [2.45, 2.75) is 19.0 Å². The van der Waals surface area contributed by atoms with Crippen LogP contribution >= 0.6 is 0 Å². The molecular formula is C11H14N2O3. The first kappa shape index (κ1) is 10.9. The molecule has 1 aromatic rings. The highest BCUT2D eigenvalue weighted by molar-refractivity contribution is 5.65. The predicted molar refractivity (Wildman–Crippen MR) is 57.0 cm³/mol. The van der Waals surface area contributed by atoms with Gasteiger partial charge in [-0.25, -0.2) is 4.79 Å². The average Bonchev–Trinajstić information content (AvgIpc) is 2.80. The number of hydrogen-bond acceptors (Lipinski definition) is 3. The van der Waals surface area contributed by atoms with Crippen molar-refractivity contribution in [2.75, 3.05) is 13.2 Å². The lowest BCUT2D eigenvalue weighted by Crippen LogP contribution is -2.39. The monoisotopic (exact) mass is 222 g/mol. The van der Waals surface area contributed by atoms with Gasteiger partial charge >= 0.3 is 6.09 Å². The molecule has 1 aromatic heterocycles. The maximum atomic E-state index is 11.1. The van der Waals surface area contributed by atoms with Gasteiger partial charge in [0.1, 0.15) is 0 Å². The van der Waals surface area contributed by atoms with Gasteiger partial charge in [-0.2, -0.15) is 0 Å². The van der Waals surface area contributed by atoms with Crippen LogP contribution < -0.4 is 0 Å². The number of carboxylic acid groups (broad SMARTS) is 1. The van der Waals surface area contributed by atoms with Crippen molar-refractivity contribution in [1.29, 1.82) is 0 Å². The number of hydrogen-bond donors (Lipinski definition) is 1. The van der Waals surface area contributed by atoms with Crippen LogP contribution in [-0.2, 0) is 11.3 Å². The third-order valence-corrected chi connectivity index (χ3v) is 2.69. The van der Waals surface area contributed by atoms with E-state index >= 15 is 0 Å². The highest BCUT2D eigenvalue weighted by atomic mass is 16.5. The van der Waals surface area contributed by atoms with Crippen molar-refractivity contribution in [3.8, 4) is 0 Å². The molecule has 2 rings (SSSR count). The van der Waals surface area contributed by atoms with Gasteiger partial charge in [-0.3, -0.25) is 9.88 Å². The molecule has 0 bridgehead atoms. The topological polar surface area (TPSA) is 62.7 Å². The van der Waals surface area contributed by atoms with Crippen LogP contribution in [0.4, 0.5) is 4.79 Å². The normalized spacial score (nSPS) is 19.6. The van der Waals surface area contributed by atoms with Crippen LogP contribution in [0.25, 0.3) is 0 Å². The van der Waals surface area contributed by atoms with Crippen LogP contribution in [0.5, 0.6) is 0 Å². The molecule has 86 valence electrons. The van der Waals surface area contributed by atoms with Gasteiger partial charge in [-0.05, 0) is 24.1 Å². The largest absolute Gasteiger partial charge is 0.465 e. The summed E-state index contributed by atoms with van der Waals surface area (Å²) in [4.78, 5) is 16.5. The average molecular weight is 222 g/mol. The molecule has 2 heterocycles. The second kappa shape index (κ2) is 4.94. The van der Waals surface area contributed by atoms with E-state index in [0.29, 0.717) is 19.8 Å². The maximum absolute atomic E-state index is 11.1. The van der Waals surface area contributed by atoms with E-state index in [-0.39, 0.29) is 6.04 Å². The van der Waals surface area contributed by atoms with Crippen LogP contribution in [-0.4, -0.2) is 40.3 Å². The number of carbonyl (C=O) groups is 1. The third kappa shape index (κ3) is 2.49. The highest BCUT2D eigenvalue weighted by Crippen LogP contribution is 2.15. The summed E-state index contributed by atoms with van der Waals surface area (Å²) in [5.74, 6) is 0. The van der Waals surface area contributed by atoms with Gasteiger partial charge in [0, 0.05) is 25.5 Å². The number of ether oxygens (including phenoxy) is 1. The maximum Gasteiger partial charge on any atom is 0.407 e. The van der Waals surface area contributed by atoms with Crippen molar-refractivity contribution in [2.24, 2.45) is 0 Å². The van der Waals surface area contributed by atoms with E-state index in [2.05, 4.69) is 4.98 Å². The number of nitrogens with zero attached hydrogens (tertiary/aromatic N) is 2. The zero-order chi connectivity index (χ0) is 11.4. The van der Waals surface area contributed by atoms with E-state index < -0.39 is 6.09 Å². The van der Waals surface area contributed by atoms with Gasteiger partial charge in [0.2, 0.25) is 0 Å². The molecule has 0 aromatic carbocycles. The first-order valence-corrected chi connectivity index (χ1v) is 5.23. The Labute approximate surface area is 93.7 Å². The molecule has 16 heavy (non-hydrogen) atoms. The highest BCUT2D eigenvalue weighted by Gasteiger charge is 2.26. The summed E-state index contributed by atoms with van der Waals surface area (Å²) in [6.45, 7) is 1.54. The lowest BCUT2D eigenvalue weighted by atomic mass is 10.2. The molecular weight excluding hydrogens is 208 g/mol. The van der Waals surface area contributed by atoms with E-state index in [1.165, 1.54) is 4.90 Å². The smallest absolute Gasteiger partial charge is 0.407 e.